The molecule has 0 aliphatic heterocycles. The van der Waals surface area contributed by atoms with Crippen LogP contribution in [0.5, 0.6) is 0 Å². The Morgan fingerprint density at radius 2 is 1.66 bits per heavy atom. The second-order valence-electron chi connectivity index (χ2n) is 12.2. The van der Waals surface area contributed by atoms with E-state index in [1.165, 1.54) is 13.2 Å². The van der Waals surface area contributed by atoms with Crippen LogP contribution < -0.4 is 10.6 Å². The Kier molecular flexibility index (Phi) is 9.81. The SMILES string of the molecule is COC(=O)C(Cc1ccc(NC(=O)c2cc(Cl)ccc2Cl)cc1)NC(=O)C1CCC(C)(C(=O)OC(C)(C)C)C1(C)C. The second kappa shape index (κ2) is 12.4. The summed E-state index contributed by atoms with van der Waals surface area (Å²) in [6.07, 6.45) is 1.14. The maximum Gasteiger partial charge on any atom is 0.328 e. The van der Waals surface area contributed by atoms with E-state index in [4.69, 9.17) is 32.7 Å². The number of benzene rings is 2. The Balaban J connectivity index is 1.70. The molecule has 0 spiro atoms. The van der Waals surface area contributed by atoms with E-state index in [2.05, 4.69) is 10.6 Å². The lowest BCUT2D eigenvalue weighted by Gasteiger charge is -2.40. The van der Waals surface area contributed by atoms with Gasteiger partial charge >= 0.3 is 11.9 Å². The molecule has 2 aromatic rings. The lowest BCUT2D eigenvalue weighted by atomic mass is 9.65. The monoisotopic (exact) mass is 604 g/mol. The van der Waals surface area contributed by atoms with Crippen molar-refractivity contribution < 1.29 is 28.7 Å². The Morgan fingerprint density at radius 3 is 2.24 bits per heavy atom. The summed E-state index contributed by atoms with van der Waals surface area (Å²) in [5.41, 5.74) is -0.724. The summed E-state index contributed by atoms with van der Waals surface area (Å²) in [7, 11) is 1.26. The molecule has 0 radical (unpaired) electrons. The van der Waals surface area contributed by atoms with Crippen LogP contribution in [0.2, 0.25) is 10.0 Å². The fraction of sp³-hybridized carbons (Fsp3) is 0.484. The molecule has 2 amide bonds. The highest BCUT2D eigenvalue weighted by Crippen LogP contribution is 2.57. The van der Waals surface area contributed by atoms with E-state index in [0.717, 1.165) is 5.56 Å². The van der Waals surface area contributed by atoms with Gasteiger partial charge < -0.3 is 20.1 Å². The third kappa shape index (κ3) is 7.41. The van der Waals surface area contributed by atoms with Gasteiger partial charge in [0.05, 0.1) is 23.1 Å². The zero-order valence-corrected chi connectivity index (χ0v) is 26.0. The Bertz CT molecular complexity index is 1320. The van der Waals surface area contributed by atoms with Crippen molar-refractivity contribution in [2.24, 2.45) is 16.7 Å². The molecule has 3 rings (SSSR count). The number of methoxy groups -OCH3 is 1. The first-order chi connectivity index (χ1) is 19.0. The number of ether oxygens (including phenoxy) is 2. The number of nitrogens with one attached hydrogen (secondary N) is 2. The number of carbonyl (C=O) groups excluding carboxylic acids is 4. The average Bonchev–Trinajstić information content (AvgIpc) is 3.14. The third-order valence-electron chi connectivity index (χ3n) is 8.02. The molecule has 0 bridgehead atoms. The van der Waals surface area contributed by atoms with Crippen LogP contribution in [0.1, 0.15) is 70.3 Å². The quantitative estimate of drug-likeness (QED) is 0.345. The fourth-order valence-electron chi connectivity index (χ4n) is 5.15. The molecule has 10 heteroatoms. The highest BCUT2D eigenvalue weighted by atomic mass is 35.5. The van der Waals surface area contributed by atoms with Gasteiger partial charge in [-0.25, -0.2) is 4.79 Å². The van der Waals surface area contributed by atoms with Gasteiger partial charge in [-0.3, -0.25) is 14.4 Å². The van der Waals surface area contributed by atoms with Crippen LogP contribution in [0.25, 0.3) is 0 Å². The van der Waals surface area contributed by atoms with Crippen LogP contribution in [-0.4, -0.2) is 42.5 Å². The molecule has 0 saturated heterocycles. The standard InChI is InChI=1S/C31H38Cl2N2O6/c1-29(2,3)41-28(39)31(6)15-14-22(30(31,4)5)26(37)35-24(27(38)40-7)16-18-8-11-20(12-9-18)34-25(36)21-17-19(32)10-13-23(21)33/h8-13,17,22,24H,14-16H2,1-7H3,(H,34,36)(H,35,37). The minimum Gasteiger partial charge on any atom is -0.467 e. The van der Waals surface area contributed by atoms with Crippen LogP contribution in [0.15, 0.2) is 42.5 Å². The number of esters is 2. The molecule has 222 valence electrons. The summed E-state index contributed by atoms with van der Waals surface area (Å²) in [4.78, 5) is 51.9. The Morgan fingerprint density at radius 1 is 1.02 bits per heavy atom. The first-order valence-corrected chi connectivity index (χ1v) is 14.2. The van der Waals surface area contributed by atoms with Crippen LogP contribution in [0.3, 0.4) is 0 Å². The molecule has 3 unspecified atom stereocenters. The van der Waals surface area contributed by atoms with E-state index >= 15 is 0 Å². The van der Waals surface area contributed by atoms with Crippen molar-refractivity contribution >= 4 is 52.6 Å². The molecule has 2 aromatic carbocycles. The van der Waals surface area contributed by atoms with Crippen molar-refractivity contribution in [1.29, 1.82) is 0 Å². The Hall–Kier alpha value is -3.10. The molecular formula is C31H38Cl2N2O6. The van der Waals surface area contributed by atoms with Gasteiger partial charge in [-0.15, -0.1) is 0 Å². The third-order valence-corrected chi connectivity index (χ3v) is 8.58. The number of carbonyl (C=O) groups is 4. The maximum absolute atomic E-state index is 13.5. The van der Waals surface area contributed by atoms with Gasteiger partial charge in [-0.1, -0.05) is 49.2 Å². The zero-order chi connectivity index (χ0) is 30.8. The van der Waals surface area contributed by atoms with Crippen LogP contribution in [0.4, 0.5) is 5.69 Å². The average molecular weight is 606 g/mol. The molecule has 1 aliphatic carbocycles. The van der Waals surface area contributed by atoms with E-state index in [-0.39, 0.29) is 28.9 Å². The topological polar surface area (TPSA) is 111 Å². The van der Waals surface area contributed by atoms with Crippen LogP contribution >= 0.6 is 23.2 Å². The highest BCUT2D eigenvalue weighted by molar-refractivity contribution is 6.36. The van der Waals surface area contributed by atoms with E-state index in [1.54, 1.807) is 36.4 Å². The largest absolute Gasteiger partial charge is 0.467 e. The summed E-state index contributed by atoms with van der Waals surface area (Å²) < 4.78 is 10.7. The van der Waals surface area contributed by atoms with E-state index in [9.17, 15) is 19.2 Å². The van der Waals surface area contributed by atoms with Crippen LogP contribution in [0, 0.1) is 16.7 Å². The predicted octanol–water partition coefficient (Wildman–Crippen LogP) is 6.23. The number of hydrogen-bond donors (Lipinski definition) is 2. The molecule has 2 N–H and O–H groups in total. The summed E-state index contributed by atoms with van der Waals surface area (Å²) in [5, 5.41) is 6.29. The van der Waals surface area contributed by atoms with Crippen molar-refractivity contribution in [3.63, 3.8) is 0 Å². The van der Waals surface area contributed by atoms with Crippen molar-refractivity contribution in [2.45, 2.75) is 72.4 Å². The minimum atomic E-state index is -0.942. The summed E-state index contributed by atoms with van der Waals surface area (Å²) in [6, 6.07) is 10.6. The molecule has 0 heterocycles. The van der Waals surface area contributed by atoms with Crippen LogP contribution in [-0.2, 0) is 30.3 Å². The summed E-state index contributed by atoms with van der Waals surface area (Å²) in [5.74, 6) is -2.16. The number of amides is 2. The van der Waals surface area contributed by atoms with E-state index < -0.39 is 40.3 Å². The van der Waals surface area contributed by atoms with Gasteiger partial charge in [0.15, 0.2) is 0 Å². The lowest BCUT2D eigenvalue weighted by Crippen LogP contribution is -2.51. The number of rotatable bonds is 8. The lowest BCUT2D eigenvalue weighted by molar-refractivity contribution is -0.173. The molecule has 1 fully saturated rings. The van der Waals surface area contributed by atoms with Crippen molar-refractivity contribution in [3.8, 4) is 0 Å². The maximum atomic E-state index is 13.5. The highest BCUT2D eigenvalue weighted by Gasteiger charge is 2.59. The van der Waals surface area contributed by atoms with Crippen molar-refractivity contribution in [2.75, 3.05) is 12.4 Å². The van der Waals surface area contributed by atoms with Crippen molar-refractivity contribution in [1.82, 2.24) is 5.32 Å². The van der Waals surface area contributed by atoms with Gasteiger partial charge in [0.2, 0.25) is 5.91 Å². The fourth-order valence-corrected chi connectivity index (χ4v) is 5.53. The molecule has 8 nitrogen and oxygen atoms in total. The molecular weight excluding hydrogens is 567 g/mol. The number of halogens is 2. The van der Waals surface area contributed by atoms with Gasteiger partial charge in [-0.05, 0) is 81.8 Å². The first-order valence-electron chi connectivity index (χ1n) is 13.5. The van der Waals surface area contributed by atoms with Gasteiger partial charge in [0.1, 0.15) is 11.6 Å². The Labute approximate surface area is 251 Å². The smallest absolute Gasteiger partial charge is 0.328 e. The van der Waals surface area contributed by atoms with Crippen molar-refractivity contribution in [3.05, 3.63) is 63.6 Å². The number of anilines is 1. The van der Waals surface area contributed by atoms with Gasteiger partial charge in [0, 0.05) is 23.0 Å². The van der Waals surface area contributed by atoms with E-state index in [0.29, 0.717) is 23.6 Å². The predicted molar refractivity (Wildman–Crippen MR) is 159 cm³/mol. The van der Waals surface area contributed by atoms with Gasteiger partial charge in [0.25, 0.3) is 5.91 Å². The summed E-state index contributed by atoms with van der Waals surface area (Å²) >= 11 is 12.1. The molecule has 1 saturated carbocycles. The minimum absolute atomic E-state index is 0.170. The van der Waals surface area contributed by atoms with Gasteiger partial charge in [-0.2, -0.15) is 0 Å². The first kappa shape index (κ1) is 32.4. The zero-order valence-electron chi connectivity index (χ0n) is 24.5. The summed E-state index contributed by atoms with van der Waals surface area (Å²) in [6.45, 7) is 11.1. The molecule has 1 aliphatic rings. The number of hydrogen-bond acceptors (Lipinski definition) is 6. The second-order valence-corrected chi connectivity index (χ2v) is 13.1. The molecule has 41 heavy (non-hydrogen) atoms. The van der Waals surface area contributed by atoms with E-state index in [1.807, 2.05) is 41.5 Å². The molecule has 0 aromatic heterocycles. The molecule has 3 atom stereocenters. The normalized spacial score (nSPS) is 20.6.